The number of alkyl halides is 1. The van der Waals surface area contributed by atoms with Gasteiger partial charge in [-0.25, -0.2) is 4.79 Å². The zero-order valence-corrected chi connectivity index (χ0v) is 30.2. The number of ether oxygens (including phenoxy) is 4. The Kier molecular flexibility index (Phi) is 12.3. The summed E-state index contributed by atoms with van der Waals surface area (Å²) < 4.78 is 22.4. The normalized spacial score (nSPS) is 27.3. The van der Waals surface area contributed by atoms with Gasteiger partial charge in [0.15, 0.2) is 0 Å². The third kappa shape index (κ3) is 8.95. The molecule has 1 aliphatic carbocycles. The molecule has 1 fully saturated rings. The molecule has 6 atom stereocenters. The van der Waals surface area contributed by atoms with Crippen molar-refractivity contribution in [1.82, 2.24) is 15.2 Å². The molecule has 14 nitrogen and oxygen atoms in total. The summed E-state index contributed by atoms with van der Waals surface area (Å²) in [6, 6.07) is 6.79. The molecule has 6 N–H and O–H groups in total. The average molecular weight is 741 g/mol. The van der Waals surface area contributed by atoms with Gasteiger partial charge in [0.25, 0.3) is 5.91 Å². The van der Waals surface area contributed by atoms with E-state index in [1.54, 1.807) is 68.2 Å². The van der Waals surface area contributed by atoms with Crippen LogP contribution in [0.25, 0.3) is 10.9 Å². The van der Waals surface area contributed by atoms with Crippen molar-refractivity contribution in [2.75, 3.05) is 38.0 Å². The van der Waals surface area contributed by atoms with Crippen molar-refractivity contribution in [3.63, 3.8) is 0 Å². The first-order chi connectivity index (χ1) is 24.7. The van der Waals surface area contributed by atoms with Gasteiger partial charge < -0.3 is 54.8 Å². The molecule has 15 heteroatoms. The van der Waals surface area contributed by atoms with Crippen LogP contribution in [0.5, 0.6) is 0 Å². The number of amides is 3. The standard InChI is InChI=1S/C37H45ClN4O10/c1-20-9-7-6-8-10-24-22(16-38)18-42(27(24)15-28(20)50-35-32(46)31(45)33(49-5)29(19-43)51-35)34(47)26-14-21-13-23(11-12-25(21)41-26)40-30(44)17-39-36(48)52-37(2,3)4/h6-9,11-15,22,29,31-33,35,41,43,45-46H,1,10,16-19H2,2-5H3,(H,39,48)(H,40,44)/b8-6-,9-7-,28-15+/t22?,29?,31?,32-,33-,35+/m0/s1. The van der Waals surface area contributed by atoms with Crippen molar-refractivity contribution in [2.24, 2.45) is 5.92 Å². The second kappa shape index (κ2) is 16.5. The first-order valence-corrected chi connectivity index (χ1v) is 17.3. The number of hydrogen-bond donors (Lipinski definition) is 6. The molecule has 0 saturated carbocycles. The van der Waals surface area contributed by atoms with Gasteiger partial charge in [0.2, 0.25) is 12.2 Å². The quantitative estimate of drug-likeness (QED) is 0.207. The lowest BCUT2D eigenvalue weighted by Crippen LogP contribution is -2.59. The summed E-state index contributed by atoms with van der Waals surface area (Å²) >= 11 is 6.45. The molecular formula is C37H45ClN4O10. The largest absolute Gasteiger partial charge is 0.461 e. The molecule has 1 aromatic heterocycles. The Balaban J connectivity index is 1.40. The second-order valence-corrected chi connectivity index (χ2v) is 13.9. The number of methoxy groups -OCH3 is 1. The molecule has 0 radical (unpaired) electrons. The van der Waals surface area contributed by atoms with Gasteiger partial charge in [-0.05, 0) is 57.0 Å². The number of carbonyl (C=O) groups is 3. The number of aromatic amines is 1. The smallest absolute Gasteiger partial charge is 0.408 e. The highest BCUT2D eigenvalue weighted by atomic mass is 35.5. The van der Waals surface area contributed by atoms with Crippen molar-refractivity contribution in [2.45, 2.75) is 63.5 Å². The van der Waals surface area contributed by atoms with Gasteiger partial charge in [-0.1, -0.05) is 30.9 Å². The summed E-state index contributed by atoms with van der Waals surface area (Å²) in [6.07, 6.45) is 2.37. The number of hydrogen-bond acceptors (Lipinski definition) is 10. The third-order valence-electron chi connectivity index (χ3n) is 8.68. The van der Waals surface area contributed by atoms with Crippen molar-refractivity contribution in [1.29, 1.82) is 0 Å². The monoisotopic (exact) mass is 740 g/mol. The van der Waals surface area contributed by atoms with Crippen molar-refractivity contribution >= 4 is 46.1 Å². The number of fused-ring (bicyclic) bond motifs is 1. The number of aliphatic hydroxyl groups is 3. The fourth-order valence-corrected chi connectivity index (χ4v) is 6.43. The number of carbonyl (C=O) groups excluding carboxylic acids is 3. The molecule has 3 unspecified atom stereocenters. The van der Waals surface area contributed by atoms with Crippen LogP contribution in [0.1, 0.15) is 37.7 Å². The summed E-state index contributed by atoms with van der Waals surface area (Å²) in [5.41, 5.74) is 2.48. The molecule has 3 amide bonds. The van der Waals surface area contributed by atoms with Gasteiger partial charge in [-0.15, -0.1) is 11.6 Å². The Bertz CT molecular complexity index is 1810. The highest BCUT2D eigenvalue weighted by molar-refractivity contribution is 6.18. The van der Waals surface area contributed by atoms with Gasteiger partial charge in [0, 0.05) is 59.4 Å². The number of aromatic nitrogens is 1. The van der Waals surface area contributed by atoms with E-state index in [9.17, 15) is 29.7 Å². The predicted molar refractivity (Wildman–Crippen MR) is 193 cm³/mol. The number of alkyl carbamates (subject to hydrolysis) is 1. The molecule has 5 rings (SSSR count). The summed E-state index contributed by atoms with van der Waals surface area (Å²) in [5.74, 6) is -0.608. The fourth-order valence-electron chi connectivity index (χ4n) is 6.15. The SMILES string of the molecule is C=C1/C=C\C=C/CC2=C(/C=C\1O[C@@H]1OC(CO)[C@H](OC)C(O)[C@@H]1O)N(C(=O)c1cc3cc(NC(=O)CNC(=O)OC(C)(C)C)ccc3[nH]1)CC2CCl. The third-order valence-corrected chi connectivity index (χ3v) is 9.05. The van der Waals surface area contributed by atoms with Gasteiger partial charge in [-0.3, -0.25) is 9.59 Å². The van der Waals surface area contributed by atoms with Crippen LogP contribution in [0.15, 0.2) is 83.8 Å². The predicted octanol–water partition coefficient (Wildman–Crippen LogP) is 3.62. The zero-order chi connectivity index (χ0) is 37.7. The van der Waals surface area contributed by atoms with Crippen molar-refractivity contribution in [3.8, 4) is 0 Å². The minimum atomic E-state index is -1.53. The van der Waals surface area contributed by atoms with E-state index in [0.29, 0.717) is 34.3 Å². The van der Waals surface area contributed by atoms with Gasteiger partial charge in [0.1, 0.15) is 48.0 Å². The van der Waals surface area contributed by atoms with Crippen LogP contribution in [-0.2, 0) is 23.7 Å². The number of nitrogens with zero attached hydrogens (tertiary/aromatic N) is 1. The number of benzene rings is 1. The van der Waals surface area contributed by atoms with E-state index in [0.717, 1.165) is 5.57 Å². The van der Waals surface area contributed by atoms with E-state index >= 15 is 0 Å². The molecule has 0 spiro atoms. The van der Waals surface area contributed by atoms with Crippen LogP contribution in [0, 0.1) is 5.92 Å². The first kappa shape index (κ1) is 38.8. The number of aliphatic hydroxyl groups excluding tert-OH is 3. The molecule has 52 heavy (non-hydrogen) atoms. The molecule has 3 heterocycles. The first-order valence-electron chi connectivity index (χ1n) is 16.8. The Hall–Kier alpha value is -4.44. The van der Waals surface area contributed by atoms with E-state index < -0.39 is 54.9 Å². The van der Waals surface area contributed by atoms with E-state index in [-0.39, 0.29) is 42.2 Å². The van der Waals surface area contributed by atoms with Crippen LogP contribution in [0.4, 0.5) is 10.5 Å². The van der Waals surface area contributed by atoms with Crippen LogP contribution < -0.4 is 10.6 Å². The lowest BCUT2D eigenvalue weighted by atomic mass is 9.97. The maximum atomic E-state index is 14.3. The highest BCUT2D eigenvalue weighted by Gasteiger charge is 2.46. The second-order valence-electron chi connectivity index (χ2n) is 13.6. The average Bonchev–Trinajstić information content (AvgIpc) is 3.68. The molecule has 1 saturated heterocycles. The van der Waals surface area contributed by atoms with Crippen LogP contribution in [0.3, 0.4) is 0 Å². The maximum Gasteiger partial charge on any atom is 0.408 e. The Morgan fingerprint density at radius 1 is 1.15 bits per heavy atom. The molecule has 3 aliphatic rings. The number of anilines is 1. The minimum Gasteiger partial charge on any atom is -0.461 e. The summed E-state index contributed by atoms with van der Waals surface area (Å²) in [5, 5.41) is 37.3. The van der Waals surface area contributed by atoms with E-state index in [4.69, 9.17) is 30.5 Å². The number of H-pyrrole nitrogens is 1. The minimum absolute atomic E-state index is 0.161. The molecule has 2 aromatic rings. The van der Waals surface area contributed by atoms with E-state index in [2.05, 4.69) is 22.2 Å². The van der Waals surface area contributed by atoms with Crippen molar-refractivity contribution in [3.05, 3.63) is 89.5 Å². The molecular weight excluding hydrogens is 696 g/mol. The molecule has 0 bridgehead atoms. The zero-order valence-electron chi connectivity index (χ0n) is 29.4. The molecule has 280 valence electrons. The van der Waals surface area contributed by atoms with E-state index in [1.807, 2.05) is 12.2 Å². The Morgan fingerprint density at radius 3 is 2.62 bits per heavy atom. The lowest BCUT2D eigenvalue weighted by molar-refractivity contribution is -0.294. The fraction of sp³-hybridized carbons (Fsp3) is 0.432. The van der Waals surface area contributed by atoms with Gasteiger partial charge in [-0.2, -0.15) is 0 Å². The van der Waals surface area contributed by atoms with Gasteiger partial charge in [0.05, 0.1) is 6.61 Å². The molecule has 2 aliphatic heterocycles. The van der Waals surface area contributed by atoms with E-state index in [1.165, 1.54) is 7.11 Å². The number of nitrogens with one attached hydrogen (secondary N) is 3. The maximum absolute atomic E-state index is 14.3. The topological polar surface area (TPSA) is 192 Å². The number of halogens is 1. The Labute approximate surface area is 306 Å². The Morgan fingerprint density at radius 2 is 1.92 bits per heavy atom. The van der Waals surface area contributed by atoms with Gasteiger partial charge >= 0.3 is 6.09 Å². The highest BCUT2D eigenvalue weighted by Crippen LogP contribution is 2.37. The van der Waals surface area contributed by atoms with Crippen LogP contribution in [-0.4, -0.2) is 112 Å². The van der Waals surface area contributed by atoms with Crippen LogP contribution >= 0.6 is 11.6 Å². The molecule has 1 aromatic carbocycles. The van der Waals surface area contributed by atoms with Crippen molar-refractivity contribution < 1.29 is 48.7 Å². The summed E-state index contributed by atoms with van der Waals surface area (Å²) in [4.78, 5) is 43.5. The summed E-state index contributed by atoms with van der Waals surface area (Å²) in [6.45, 7) is 8.77. The number of allylic oxidation sites excluding steroid dienone is 5. The summed E-state index contributed by atoms with van der Waals surface area (Å²) in [7, 11) is 1.34. The lowest BCUT2D eigenvalue weighted by Gasteiger charge is -2.41. The number of rotatable bonds is 9. The van der Waals surface area contributed by atoms with Crippen LogP contribution in [0.2, 0.25) is 0 Å².